The zero-order chi connectivity index (χ0) is 17.8. The van der Waals surface area contributed by atoms with Crippen molar-refractivity contribution in [2.75, 3.05) is 0 Å². The first kappa shape index (κ1) is 15.7. The van der Waals surface area contributed by atoms with Crippen molar-refractivity contribution in [1.82, 2.24) is 9.38 Å². The molecule has 0 atom stereocenters. The smallest absolute Gasteiger partial charge is 0.146 e. The lowest BCUT2D eigenvalue weighted by molar-refractivity contribution is 1.23. The summed E-state index contributed by atoms with van der Waals surface area (Å²) in [6, 6.07) is 20.3. The fourth-order valence-corrected chi connectivity index (χ4v) is 3.92. The molecule has 0 fully saturated rings. The van der Waals surface area contributed by atoms with E-state index in [1.54, 1.807) is 0 Å². The van der Waals surface area contributed by atoms with Gasteiger partial charge in [0.15, 0.2) is 0 Å². The van der Waals surface area contributed by atoms with E-state index in [4.69, 9.17) is 28.2 Å². The van der Waals surface area contributed by atoms with Crippen molar-refractivity contribution in [2.24, 2.45) is 0 Å². The third kappa shape index (κ3) is 2.30. The van der Waals surface area contributed by atoms with E-state index in [1.165, 1.54) is 5.56 Å². The summed E-state index contributed by atoms with van der Waals surface area (Å²) in [4.78, 5) is 4.80. The second-order valence-electron chi connectivity index (χ2n) is 6.52. The Morgan fingerprint density at radius 3 is 2.38 bits per heavy atom. The normalized spacial score (nSPS) is 11.7. The van der Waals surface area contributed by atoms with E-state index < -0.39 is 0 Å². The van der Waals surface area contributed by atoms with Gasteiger partial charge in [-0.2, -0.15) is 0 Å². The molecule has 0 N–H and O–H groups in total. The maximum atomic E-state index is 6.32. The topological polar surface area (TPSA) is 17.3 Å². The van der Waals surface area contributed by atoms with Crippen molar-refractivity contribution in [3.05, 3.63) is 82.5 Å². The molecule has 0 saturated carbocycles. The second kappa shape index (κ2) is 5.73. The molecule has 0 aliphatic rings. The molecule has 0 unspecified atom stereocenters. The zero-order valence-electron chi connectivity index (χ0n) is 14.0. The van der Waals surface area contributed by atoms with Crippen LogP contribution in [0.25, 0.3) is 38.6 Å². The van der Waals surface area contributed by atoms with Crippen LogP contribution in [0.15, 0.2) is 66.9 Å². The minimum absolute atomic E-state index is 0.712. The quantitative estimate of drug-likeness (QED) is 0.310. The van der Waals surface area contributed by atoms with Crippen molar-refractivity contribution in [1.29, 1.82) is 0 Å². The van der Waals surface area contributed by atoms with Gasteiger partial charge in [0.25, 0.3) is 0 Å². The molecule has 4 heteroatoms. The van der Waals surface area contributed by atoms with Crippen LogP contribution < -0.4 is 0 Å². The van der Waals surface area contributed by atoms with Gasteiger partial charge in [-0.3, -0.25) is 4.40 Å². The highest BCUT2D eigenvalue weighted by molar-refractivity contribution is 6.31. The van der Waals surface area contributed by atoms with E-state index in [0.717, 1.165) is 43.6 Å². The summed E-state index contributed by atoms with van der Waals surface area (Å²) in [5, 5.41) is 3.66. The predicted molar refractivity (Wildman–Crippen MR) is 110 cm³/mol. The van der Waals surface area contributed by atoms with Gasteiger partial charge in [0.2, 0.25) is 0 Å². The number of aromatic nitrogens is 2. The number of aryl methyl sites for hydroxylation is 1. The van der Waals surface area contributed by atoms with Gasteiger partial charge in [-0.15, -0.1) is 0 Å². The molecular weight excluding hydrogens is 363 g/mol. The largest absolute Gasteiger partial charge is 0.293 e. The number of benzene rings is 3. The van der Waals surface area contributed by atoms with Crippen LogP contribution in [-0.2, 0) is 0 Å². The summed E-state index contributed by atoms with van der Waals surface area (Å²) in [5.74, 6) is 0. The van der Waals surface area contributed by atoms with E-state index in [-0.39, 0.29) is 0 Å². The molecule has 2 nitrogen and oxygen atoms in total. The predicted octanol–water partition coefficient (Wildman–Crippen LogP) is 6.92. The maximum Gasteiger partial charge on any atom is 0.146 e. The summed E-state index contributed by atoms with van der Waals surface area (Å²) in [6.07, 6.45) is 1.94. The number of nitrogens with zero attached hydrogens (tertiary/aromatic N) is 2. The Labute approximate surface area is 160 Å². The molecule has 5 aromatic rings. The van der Waals surface area contributed by atoms with Gasteiger partial charge in [0.05, 0.1) is 11.0 Å². The van der Waals surface area contributed by atoms with Gasteiger partial charge in [-0.05, 0) is 48.9 Å². The van der Waals surface area contributed by atoms with Gasteiger partial charge in [-0.25, -0.2) is 4.98 Å². The van der Waals surface area contributed by atoms with Gasteiger partial charge in [-0.1, -0.05) is 53.0 Å². The SMILES string of the molecule is Cc1ccc2c(cnc3c(-c4ccc(Cl)cc4)c4ccc(Cl)cc4n32)c1. The molecular formula is C22H14Cl2N2. The average molecular weight is 377 g/mol. The van der Waals surface area contributed by atoms with Crippen molar-refractivity contribution < 1.29 is 0 Å². The minimum Gasteiger partial charge on any atom is -0.293 e. The zero-order valence-corrected chi connectivity index (χ0v) is 15.5. The lowest BCUT2D eigenvalue weighted by Gasteiger charge is -2.06. The molecule has 2 aromatic heterocycles. The fraction of sp³-hybridized carbons (Fsp3) is 0.0455. The average Bonchev–Trinajstić information content (AvgIpc) is 2.96. The van der Waals surface area contributed by atoms with E-state index in [2.05, 4.69) is 35.6 Å². The molecule has 0 radical (unpaired) electrons. The standard InChI is InChI=1S/C22H14Cl2N2/c1-13-2-9-19-15(10-13)12-25-22-21(14-3-5-16(23)6-4-14)18-8-7-17(24)11-20(18)26(19)22/h2-12H,1H3. The molecule has 3 aromatic carbocycles. The monoisotopic (exact) mass is 376 g/mol. The number of fused-ring (bicyclic) bond motifs is 5. The van der Waals surface area contributed by atoms with Crippen LogP contribution in [0, 0.1) is 6.92 Å². The number of halogens is 2. The van der Waals surface area contributed by atoms with Gasteiger partial charge in [0.1, 0.15) is 5.65 Å². The lowest BCUT2D eigenvalue weighted by Crippen LogP contribution is -1.92. The van der Waals surface area contributed by atoms with E-state index in [9.17, 15) is 0 Å². The van der Waals surface area contributed by atoms with Crippen LogP contribution in [0.5, 0.6) is 0 Å². The molecule has 126 valence electrons. The number of hydrogen-bond acceptors (Lipinski definition) is 1. The Balaban J connectivity index is 2.01. The van der Waals surface area contributed by atoms with Crippen molar-refractivity contribution >= 4 is 50.7 Å². The number of hydrogen-bond donors (Lipinski definition) is 0. The Morgan fingerprint density at radius 1 is 0.808 bits per heavy atom. The Morgan fingerprint density at radius 2 is 1.58 bits per heavy atom. The third-order valence-corrected chi connectivity index (χ3v) is 5.28. The molecule has 5 rings (SSSR count). The summed E-state index contributed by atoms with van der Waals surface area (Å²) >= 11 is 12.4. The van der Waals surface area contributed by atoms with Gasteiger partial charge < -0.3 is 0 Å². The third-order valence-electron chi connectivity index (χ3n) is 4.79. The molecule has 0 amide bonds. The van der Waals surface area contributed by atoms with Crippen molar-refractivity contribution in [2.45, 2.75) is 6.92 Å². The van der Waals surface area contributed by atoms with Crippen molar-refractivity contribution in [3.63, 3.8) is 0 Å². The second-order valence-corrected chi connectivity index (χ2v) is 7.40. The van der Waals surface area contributed by atoms with Crippen LogP contribution in [-0.4, -0.2) is 9.38 Å². The lowest BCUT2D eigenvalue weighted by atomic mass is 10.0. The molecule has 2 heterocycles. The van der Waals surface area contributed by atoms with Gasteiger partial charge >= 0.3 is 0 Å². The van der Waals surface area contributed by atoms with Crippen LogP contribution in [0.1, 0.15) is 5.56 Å². The highest BCUT2D eigenvalue weighted by atomic mass is 35.5. The Hall–Kier alpha value is -2.55. The summed E-state index contributed by atoms with van der Waals surface area (Å²) in [6.45, 7) is 2.09. The van der Waals surface area contributed by atoms with Crippen LogP contribution in [0.4, 0.5) is 0 Å². The summed E-state index contributed by atoms with van der Waals surface area (Å²) < 4.78 is 2.19. The molecule has 0 aliphatic carbocycles. The molecule has 0 saturated heterocycles. The highest BCUT2D eigenvalue weighted by Crippen LogP contribution is 2.37. The number of rotatable bonds is 1. The molecule has 26 heavy (non-hydrogen) atoms. The van der Waals surface area contributed by atoms with E-state index >= 15 is 0 Å². The molecule has 0 bridgehead atoms. The Kier molecular flexibility index (Phi) is 3.46. The fourth-order valence-electron chi connectivity index (χ4n) is 3.63. The van der Waals surface area contributed by atoms with E-state index in [0.29, 0.717) is 5.02 Å². The van der Waals surface area contributed by atoms with Crippen molar-refractivity contribution in [3.8, 4) is 11.1 Å². The molecule has 0 spiro atoms. The van der Waals surface area contributed by atoms with Crippen LogP contribution in [0.3, 0.4) is 0 Å². The van der Waals surface area contributed by atoms with Crippen LogP contribution >= 0.6 is 23.2 Å². The van der Waals surface area contributed by atoms with Gasteiger partial charge in [0, 0.05) is 32.6 Å². The first-order valence-corrected chi connectivity index (χ1v) is 9.12. The first-order valence-electron chi connectivity index (χ1n) is 8.37. The molecule has 0 aliphatic heterocycles. The van der Waals surface area contributed by atoms with Crippen LogP contribution in [0.2, 0.25) is 10.0 Å². The summed E-state index contributed by atoms with van der Waals surface area (Å²) in [7, 11) is 0. The Bertz CT molecular complexity index is 1300. The maximum absolute atomic E-state index is 6.32. The first-order chi connectivity index (χ1) is 12.6. The minimum atomic E-state index is 0.712. The van der Waals surface area contributed by atoms with E-state index in [1.807, 2.05) is 42.6 Å². The highest BCUT2D eigenvalue weighted by Gasteiger charge is 2.17. The summed E-state index contributed by atoms with van der Waals surface area (Å²) in [5.41, 5.74) is 6.48.